The number of aromatic nitrogens is 2. The Morgan fingerprint density at radius 2 is 2.17 bits per heavy atom. The van der Waals surface area contributed by atoms with E-state index in [0.29, 0.717) is 18.1 Å². The predicted octanol–water partition coefficient (Wildman–Crippen LogP) is 2.97. The number of benzene rings is 1. The van der Waals surface area contributed by atoms with E-state index >= 15 is 0 Å². The van der Waals surface area contributed by atoms with Gasteiger partial charge in [0.25, 0.3) is 0 Å². The fourth-order valence-corrected chi connectivity index (χ4v) is 2.47. The molecule has 0 radical (unpaired) electrons. The molecule has 0 saturated heterocycles. The molecule has 0 spiro atoms. The fraction of sp³-hybridized carbons (Fsp3) is 0.467. The van der Waals surface area contributed by atoms with Crippen molar-refractivity contribution in [3.05, 3.63) is 30.0 Å². The highest BCUT2D eigenvalue weighted by atomic mass is 16.1. The number of hydrogen-bond donors (Lipinski definition) is 0. The monoisotopic (exact) mass is 242 g/mol. The Balaban J connectivity index is 1.88. The summed E-state index contributed by atoms with van der Waals surface area (Å²) in [5.41, 5.74) is 2.08. The second-order valence-corrected chi connectivity index (χ2v) is 5.14. The molecule has 0 N–H and O–H groups in total. The molecule has 0 unspecified atom stereocenters. The number of aryl methyl sites for hydroxylation is 1. The molecule has 94 valence electrons. The van der Waals surface area contributed by atoms with Gasteiger partial charge in [-0.3, -0.25) is 9.48 Å². The minimum absolute atomic E-state index is 0.337. The first-order valence-electron chi connectivity index (χ1n) is 6.74. The lowest BCUT2D eigenvalue weighted by Gasteiger charge is -1.97. The summed E-state index contributed by atoms with van der Waals surface area (Å²) in [6, 6.07) is 8.17. The molecular formula is C15H18N2O. The maximum absolute atomic E-state index is 12.0. The molecule has 0 aliphatic heterocycles. The Kier molecular flexibility index (Phi) is 2.90. The van der Waals surface area contributed by atoms with Crippen molar-refractivity contribution in [2.75, 3.05) is 0 Å². The average molecular weight is 242 g/mol. The highest BCUT2D eigenvalue weighted by Crippen LogP contribution is 2.33. The summed E-state index contributed by atoms with van der Waals surface area (Å²) in [4.78, 5) is 12.0. The number of rotatable bonds is 5. The van der Waals surface area contributed by atoms with Crippen molar-refractivity contribution in [3.63, 3.8) is 0 Å². The molecule has 3 heteroatoms. The number of Topliss-reactive ketones (excluding diaryl/α,β-unsaturated/α-hetero) is 1. The average Bonchev–Trinajstić information content (AvgIpc) is 3.11. The molecule has 2 aromatic rings. The van der Waals surface area contributed by atoms with E-state index in [1.807, 2.05) is 16.8 Å². The van der Waals surface area contributed by atoms with Gasteiger partial charge in [0.15, 0.2) is 0 Å². The van der Waals surface area contributed by atoms with Gasteiger partial charge in [0.1, 0.15) is 5.78 Å². The summed E-state index contributed by atoms with van der Waals surface area (Å²) in [6.45, 7) is 2.92. The van der Waals surface area contributed by atoms with E-state index in [0.717, 1.165) is 29.6 Å². The van der Waals surface area contributed by atoms with E-state index in [1.165, 1.54) is 12.8 Å². The number of carbonyl (C=O) groups excluding carboxylic acids is 1. The van der Waals surface area contributed by atoms with Crippen LogP contribution < -0.4 is 0 Å². The molecule has 1 heterocycles. The highest BCUT2D eigenvalue weighted by molar-refractivity contribution is 5.88. The van der Waals surface area contributed by atoms with Gasteiger partial charge >= 0.3 is 0 Å². The number of para-hydroxylation sites is 1. The van der Waals surface area contributed by atoms with Gasteiger partial charge in [-0.15, -0.1) is 0 Å². The van der Waals surface area contributed by atoms with Crippen molar-refractivity contribution < 1.29 is 4.79 Å². The minimum Gasteiger partial charge on any atom is -0.299 e. The molecule has 0 bridgehead atoms. The van der Waals surface area contributed by atoms with Crippen LogP contribution in [0.4, 0.5) is 0 Å². The molecule has 18 heavy (non-hydrogen) atoms. The number of hydrogen-bond acceptors (Lipinski definition) is 2. The van der Waals surface area contributed by atoms with Gasteiger partial charge in [0.05, 0.1) is 17.6 Å². The van der Waals surface area contributed by atoms with Crippen LogP contribution in [0.25, 0.3) is 10.9 Å². The Hall–Kier alpha value is -1.64. The number of nitrogens with zero attached hydrogens (tertiary/aromatic N) is 2. The van der Waals surface area contributed by atoms with Crippen LogP contribution in [0.1, 0.15) is 31.9 Å². The summed E-state index contributed by atoms with van der Waals surface area (Å²) >= 11 is 0. The quantitative estimate of drug-likeness (QED) is 0.808. The molecule has 0 amide bonds. The van der Waals surface area contributed by atoms with Gasteiger partial charge in [-0.1, -0.05) is 18.2 Å². The van der Waals surface area contributed by atoms with Gasteiger partial charge < -0.3 is 0 Å². The third-order valence-electron chi connectivity index (χ3n) is 3.61. The second kappa shape index (κ2) is 4.56. The Morgan fingerprint density at radius 3 is 2.89 bits per heavy atom. The SMILES string of the molecule is CCn1nc(CC(=O)CC2CC2)c2ccccc21. The number of ketones is 1. The van der Waals surface area contributed by atoms with Crippen LogP contribution in [0, 0.1) is 5.92 Å². The molecule has 1 aliphatic carbocycles. The molecule has 3 nitrogen and oxygen atoms in total. The number of carbonyl (C=O) groups is 1. The molecule has 1 aliphatic rings. The Labute approximate surface area is 107 Å². The third kappa shape index (κ3) is 2.17. The zero-order valence-electron chi connectivity index (χ0n) is 10.7. The lowest BCUT2D eigenvalue weighted by Crippen LogP contribution is -2.05. The molecule has 1 fully saturated rings. The number of fused-ring (bicyclic) bond motifs is 1. The molecular weight excluding hydrogens is 224 g/mol. The van der Waals surface area contributed by atoms with Crippen LogP contribution in [-0.4, -0.2) is 15.6 Å². The van der Waals surface area contributed by atoms with Crippen molar-refractivity contribution in [1.29, 1.82) is 0 Å². The van der Waals surface area contributed by atoms with E-state index in [2.05, 4.69) is 24.2 Å². The third-order valence-corrected chi connectivity index (χ3v) is 3.61. The van der Waals surface area contributed by atoms with E-state index in [1.54, 1.807) is 0 Å². The summed E-state index contributed by atoms with van der Waals surface area (Å²) < 4.78 is 1.98. The molecule has 3 rings (SSSR count). The summed E-state index contributed by atoms with van der Waals surface area (Å²) in [5, 5.41) is 5.70. The van der Waals surface area contributed by atoms with Crippen molar-refractivity contribution in [2.45, 2.75) is 39.2 Å². The van der Waals surface area contributed by atoms with Crippen LogP contribution in [0.2, 0.25) is 0 Å². The van der Waals surface area contributed by atoms with Crippen LogP contribution in [0.3, 0.4) is 0 Å². The maximum atomic E-state index is 12.0. The van der Waals surface area contributed by atoms with E-state index in [-0.39, 0.29) is 0 Å². The van der Waals surface area contributed by atoms with Gasteiger partial charge in [-0.2, -0.15) is 5.10 Å². The zero-order valence-corrected chi connectivity index (χ0v) is 10.7. The van der Waals surface area contributed by atoms with Gasteiger partial charge in [0, 0.05) is 18.4 Å². The molecule has 1 aromatic carbocycles. The van der Waals surface area contributed by atoms with Crippen LogP contribution in [0.15, 0.2) is 24.3 Å². The summed E-state index contributed by atoms with van der Waals surface area (Å²) in [5.74, 6) is 1.00. The van der Waals surface area contributed by atoms with E-state index in [4.69, 9.17) is 0 Å². The van der Waals surface area contributed by atoms with Gasteiger partial charge in [0.2, 0.25) is 0 Å². The van der Waals surface area contributed by atoms with Crippen LogP contribution >= 0.6 is 0 Å². The first kappa shape index (κ1) is 11.5. The second-order valence-electron chi connectivity index (χ2n) is 5.14. The Bertz CT molecular complexity index is 581. The first-order valence-corrected chi connectivity index (χ1v) is 6.74. The standard InChI is InChI=1S/C15H18N2O/c1-2-17-15-6-4-3-5-13(15)14(16-17)10-12(18)9-11-7-8-11/h3-6,11H,2,7-10H2,1H3. The summed E-state index contributed by atoms with van der Waals surface area (Å²) in [7, 11) is 0. The first-order chi connectivity index (χ1) is 8.78. The van der Waals surface area contributed by atoms with Crippen molar-refractivity contribution in [2.24, 2.45) is 5.92 Å². The molecule has 0 atom stereocenters. The molecule has 1 aromatic heterocycles. The largest absolute Gasteiger partial charge is 0.299 e. The van der Waals surface area contributed by atoms with Crippen molar-refractivity contribution >= 4 is 16.7 Å². The maximum Gasteiger partial charge on any atom is 0.139 e. The van der Waals surface area contributed by atoms with Gasteiger partial charge in [-0.25, -0.2) is 0 Å². The predicted molar refractivity (Wildman–Crippen MR) is 71.5 cm³/mol. The van der Waals surface area contributed by atoms with Crippen LogP contribution in [-0.2, 0) is 17.8 Å². The van der Waals surface area contributed by atoms with E-state index in [9.17, 15) is 4.79 Å². The topological polar surface area (TPSA) is 34.9 Å². The lowest BCUT2D eigenvalue weighted by molar-refractivity contribution is -0.118. The minimum atomic E-state index is 0.337. The highest BCUT2D eigenvalue weighted by Gasteiger charge is 2.25. The Morgan fingerprint density at radius 1 is 1.39 bits per heavy atom. The fourth-order valence-electron chi connectivity index (χ4n) is 2.47. The smallest absolute Gasteiger partial charge is 0.139 e. The van der Waals surface area contributed by atoms with Crippen molar-refractivity contribution in [1.82, 2.24) is 9.78 Å². The normalized spacial score (nSPS) is 15.2. The lowest BCUT2D eigenvalue weighted by atomic mass is 10.1. The van der Waals surface area contributed by atoms with E-state index < -0.39 is 0 Å². The summed E-state index contributed by atoms with van der Waals surface area (Å²) in [6.07, 6.45) is 3.70. The molecule has 1 saturated carbocycles. The van der Waals surface area contributed by atoms with Gasteiger partial charge in [-0.05, 0) is 31.7 Å². The van der Waals surface area contributed by atoms with Crippen LogP contribution in [0.5, 0.6) is 0 Å². The van der Waals surface area contributed by atoms with Crippen molar-refractivity contribution in [3.8, 4) is 0 Å². The zero-order chi connectivity index (χ0) is 12.5.